The summed E-state index contributed by atoms with van der Waals surface area (Å²) >= 11 is 0. The third kappa shape index (κ3) is 3.60. The molecule has 0 bridgehead atoms. The van der Waals surface area contributed by atoms with E-state index in [0.29, 0.717) is 11.6 Å². The molecule has 0 saturated carbocycles. The van der Waals surface area contributed by atoms with E-state index < -0.39 is 17.8 Å². The zero-order chi connectivity index (χ0) is 23.4. The molecule has 2 aliphatic rings. The van der Waals surface area contributed by atoms with Crippen LogP contribution in [0.1, 0.15) is 55.4 Å². The van der Waals surface area contributed by atoms with Crippen molar-refractivity contribution in [1.82, 2.24) is 5.32 Å². The van der Waals surface area contributed by atoms with Gasteiger partial charge in [-0.3, -0.25) is 14.9 Å². The molecule has 1 unspecified atom stereocenters. The summed E-state index contributed by atoms with van der Waals surface area (Å²) in [5.41, 5.74) is 5.57. The van der Waals surface area contributed by atoms with Gasteiger partial charge in [0, 0.05) is 18.3 Å². The van der Waals surface area contributed by atoms with Crippen molar-refractivity contribution in [2.45, 2.75) is 52.5 Å². The number of urea groups is 1. The van der Waals surface area contributed by atoms with Gasteiger partial charge in [-0.1, -0.05) is 24.6 Å². The molecular weight excluding hydrogens is 402 g/mol. The Kier molecular flexibility index (Phi) is 5.19. The molecule has 166 valence electrons. The minimum atomic E-state index is -0.736. The van der Waals surface area contributed by atoms with Gasteiger partial charge >= 0.3 is 6.03 Å². The van der Waals surface area contributed by atoms with Crippen molar-refractivity contribution in [2.75, 3.05) is 16.8 Å². The maximum Gasteiger partial charge on any atom is 0.335 e. The zero-order valence-corrected chi connectivity index (χ0v) is 19.4. The van der Waals surface area contributed by atoms with Crippen molar-refractivity contribution in [3.05, 3.63) is 64.2 Å². The summed E-state index contributed by atoms with van der Waals surface area (Å²) in [4.78, 5) is 41.5. The molecule has 2 heterocycles. The zero-order valence-electron chi connectivity index (χ0n) is 19.4. The fourth-order valence-corrected chi connectivity index (χ4v) is 4.63. The van der Waals surface area contributed by atoms with Gasteiger partial charge in [0.1, 0.15) is 5.57 Å². The Balaban J connectivity index is 1.77. The van der Waals surface area contributed by atoms with Crippen LogP contribution in [-0.4, -0.2) is 30.4 Å². The van der Waals surface area contributed by atoms with Gasteiger partial charge in [-0.05, 0) is 87.1 Å². The van der Waals surface area contributed by atoms with Crippen LogP contribution in [0.5, 0.6) is 0 Å². The van der Waals surface area contributed by atoms with Crippen LogP contribution in [0, 0.1) is 13.8 Å². The molecule has 2 aromatic carbocycles. The van der Waals surface area contributed by atoms with E-state index >= 15 is 0 Å². The summed E-state index contributed by atoms with van der Waals surface area (Å²) in [5, 5.41) is 2.30. The van der Waals surface area contributed by atoms with Crippen molar-refractivity contribution in [2.24, 2.45) is 0 Å². The lowest BCUT2D eigenvalue weighted by molar-refractivity contribution is -0.122. The van der Waals surface area contributed by atoms with Gasteiger partial charge in [-0.15, -0.1) is 0 Å². The van der Waals surface area contributed by atoms with Crippen molar-refractivity contribution >= 4 is 35.3 Å². The Morgan fingerprint density at radius 2 is 1.72 bits per heavy atom. The first-order chi connectivity index (χ1) is 15.0. The SMILES string of the molecule is Cc1ccc(N2C(=O)NC(=O)/C(=C/c3cc4c(cc3C)N(C)C(C)(C)CC4C)C2=O)cc1. The minimum absolute atomic E-state index is 0.0486. The van der Waals surface area contributed by atoms with E-state index in [9.17, 15) is 14.4 Å². The van der Waals surface area contributed by atoms with E-state index in [4.69, 9.17) is 0 Å². The number of nitrogens with one attached hydrogen (secondary N) is 1. The normalized spacial score (nSPS) is 21.6. The van der Waals surface area contributed by atoms with Crippen LogP contribution in [0.2, 0.25) is 0 Å². The highest BCUT2D eigenvalue weighted by Gasteiger charge is 2.38. The van der Waals surface area contributed by atoms with E-state index in [-0.39, 0.29) is 11.1 Å². The maximum atomic E-state index is 13.2. The summed E-state index contributed by atoms with van der Waals surface area (Å²) < 4.78 is 0. The number of nitrogens with zero attached hydrogens (tertiary/aromatic N) is 2. The molecule has 2 aromatic rings. The summed E-state index contributed by atoms with van der Waals surface area (Å²) in [7, 11) is 2.10. The summed E-state index contributed by atoms with van der Waals surface area (Å²) in [6, 6.07) is 10.5. The molecule has 1 saturated heterocycles. The van der Waals surface area contributed by atoms with Crippen molar-refractivity contribution < 1.29 is 14.4 Å². The molecule has 6 heteroatoms. The van der Waals surface area contributed by atoms with E-state index in [1.807, 2.05) is 26.0 Å². The van der Waals surface area contributed by atoms with Crippen LogP contribution in [-0.2, 0) is 9.59 Å². The molecule has 1 fully saturated rings. The summed E-state index contributed by atoms with van der Waals surface area (Å²) in [6.45, 7) is 10.6. The van der Waals surface area contributed by atoms with E-state index in [0.717, 1.165) is 28.0 Å². The number of fused-ring (bicyclic) bond motifs is 1. The molecular formula is C26H29N3O3. The highest BCUT2D eigenvalue weighted by Crippen LogP contribution is 2.43. The molecule has 1 atom stereocenters. The molecule has 2 aliphatic heterocycles. The molecule has 0 aliphatic carbocycles. The highest BCUT2D eigenvalue weighted by molar-refractivity contribution is 6.39. The second kappa shape index (κ2) is 7.62. The van der Waals surface area contributed by atoms with E-state index in [1.54, 1.807) is 18.2 Å². The topological polar surface area (TPSA) is 69.7 Å². The molecule has 4 rings (SSSR count). The van der Waals surface area contributed by atoms with Crippen LogP contribution >= 0.6 is 0 Å². The minimum Gasteiger partial charge on any atom is -0.369 e. The van der Waals surface area contributed by atoms with Crippen LogP contribution in [0.25, 0.3) is 6.08 Å². The van der Waals surface area contributed by atoms with Crippen LogP contribution < -0.4 is 15.1 Å². The van der Waals surface area contributed by atoms with Crippen molar-refractivity contribution in [1.29, 1.82) is 0 Å². The number of amides is 4. The van der Waals surface area contributed by atoms with Crippen molar-refractivity contribution in [3.63, 3.8) is 0 Å². The predicted molar refractivity (Wildman–Crippen MR) is 127 cm³/mol. The lowest BCUT2D eigenvalue weighted by Gasteiger charge is -2.45. The quantitative estimate of drug-likeness (QED) is 0.553. The first-order valence-corrected chi connectivity index (χ1v) is 10.9. The lowest BCUT2D eigenvalue weighted by Crippen LogP contribution is -2.54. The molecule has 1 N–H and O–H groups in total. The van der Waals surface area contributed by atoms with Gasteiger partial charge in [0.2, 0.25) is 0 Å². The van der Waals surface area contributed by atoms with Crippen LogP contribution in [0.15, 0.2) is 42.0 Å². The summed E-state index contributed by atoms with van der Waals surface area (Å²) in [6.07, 6.45) is 2.61. The number of carbonyl (C=O) groups excluding carboxylic acids is 3. The third-order valence-electron chi connectivity index (χ3n) is 6.72. The van der Waals surface area contributed by atoms with Gasteiger partial charge in [-0.2, -0.15) is 0 Å². The summed E-state index contributed by atoms with van der Waals surface area (Å²) in [5.74, 6) is -0.951. The first-order valence-electron chi connectivity index (χ1n) is 10.9. The molecule has 32 heavy (non-hydrogen) atoms. The van der Waals surface area contributed by atoms with Gasteiger partial charge < -0.3 is 4.90 Å². The molecule has 0 spiro atoms. The van der Waals surface area contributed by atoms with E-state index in [2.05, 4.69) is 50.2 Å². The van der Waals surface area contributed by atoms with E-state index in [1.165, 1.54) is 11.3 Å². The fraction of sp³-hybridized carbons (Fsp3) is 0.346. The Hall–Kier alpha value is -3.41. The lowest BCUT2D eigenvalue weighted by atomic mass is 9.79. The van der Waals surface area contributed by atoms with Gasteiger partial charge in [0.15, 0.2) is 0 Å². The molecule has 0 aromatic heterocycles. The number of carbonyl (C=O) groups is 3. The average molecular weight is 432 g/mol. The van der Waals surface area contributed by atoms with Gasteiger partial charge in [0.25, 0.3) is 11.8 Å². The number of benzene rings is 2. The maximum absolute atomic E-state index is 13.2. The predicted octanol–water partition coefficient (Wildman–Crippen LogP) is 4.69. The molecule has 4 amide bonds. The van der Waals surface area contributed by atoms with Crippen LogP contribution in [0.4, 0.5) is 16.2 Å². The van der Waals surface area contributed by atoms with Crippen LogP contribution in [0.3, 0.4) is 0 Å². The second-order valence-corrected chi connectivity index (χ2v) is 9.54. The number of aryl methyl sites for hydroxylation is 2. The largest absolute Gasteiger partial charge is 0.369 e. The smallest absolute Gasteiger partial charge is 0.335 e. The fourth-order valence-electron chi connectivity index (χ4n) is 4.63. The Morgan fingerprint density at radius 3 is 2.38 bits per heavy atom. The average Bonchev–Trinajstić information content (AvgIpc) is 2.71. The Morgan fingerprint density at radius 1 is 1.06 bits per heavy atom. The number of hydrogen-bond acceptors (Lipinski definition) is 4. The molecule has 6 nitrogen and oxygen atoms in total. The van der Waals surface area contributed by atoms with Crippen molar-refractivity contribution in [3.8, 4) is 0 Å². The monoisotopic (exact) mass is 431 g/mol. The Bertz CT molecular complexity index is 1160. The number of anilines is 2. The third-order valence-corrected chi connectivity index (χ3v) is 6.72. The standard InChI is InChI=1S/C26H29N3O3/c1-15-7-9-19(10-8-15)29-24(31)21(23(30)27-25(29)32)13-18-12-20-17(3)14-26(4,5)28(6)22(20)11-16(18)2/h7-13,17H,14H2,1-6H3,(H,27,30,32)/b21-13-. The number of barbiturate groups is 1. The second-order valence-electron chi connectivity index (χ2n) is 9.54. The first kappa shape index (κ1) is 21.8. The highest BCUT2D eigenvalue weighted by atomic mass is 16.2. The van der Waals surface area contributed by atoms with Gasteiger partial charge in [0.05, 0.1) is 5.69 Å². The molecule has 0 radical (unpaired) electrons. The Labute approximate surface area is 188 Å². The number of imide groups is 2. The number of rotatable bonds is 2. The number of hydrogen-bond donors (Lipinski definition) is 1. The van der Waals surface area contributed by atoms with Gasteiger partial charge in [-0.25, -0.2) is 9.69 Å².